The van der Waals surface area contributed by atoms with E-state index in [1.807, 2.05) is 19.1 Å². The maximum atomic E-state index is 6.14. The Labute approximate surface area is 102 Å². The number of benzene rings is 1. The average molecular weight is 240 g/mol. The van der Waals surface area contributed by atoms with Crippen LogP contribution in [-0.4, -0.2) is 13.2 Å². The van der Waals surface area contributed by atoms with Crippen molar-refractivity contribution in [2.45, 2.75) is 25.9 Å². The molecule has 0 spiro atoms. The molecule has 0 bridgehead atoms. The summed E-state index contributed by atoms with van der Waals surface area (Å²) in [5, 5.41) is 0.808. The molecular weight excluding hydrogens is 222 g/mol. The summed E-state index contributed by atoms with van der Waals surface area (Å²) in [4.78, 5) is 0. The van der Waals surface area contributed by atoms with E-state index < -0.39 is 0 Å². The van der Waals surface area contributed by atoms with E-state index >= 15 is 0 Å². The highest BCUT2D eigenvalue weighted by Gasteiger charge is 2.26. The largest absolute Gasteiger partial charge is 0.373 e. The minimum absolute atomic E-state index is 0.122. The molecule has 2 nitrogen and oxygen atoms in total. The van der Waals surface area contributed by atoms with Crippen molar-refractivity contribution >= 4 is 11.6 Å². The Morgan fingerprint density at radius 3 is 3.00 bits per heavy atom. The number of hydrogen-bond donors (Lipinski definition) is 1. The predicted molar refractivity (Wildman–Crippen MR) is 66.7 cm³/mol. The molecule has 3 heteroatoms. The topological polar surface area (TPSA) is 35.2 Å². The molecular formula is C13H18ClNO. The second-order valence-corrected chi connectivity index (χ2v) is 4.85. The highest BCUT2D eigenvalue weighted by Crippen LogP contribution is 2.34. The molecule has 0 saturated carbocycles. The first-order valence-corrected chi connectivity index (χ1v) is 6.18. The van der Waals surface area contributed by atoms with Crippen LogP contribution < -0.4 is 5.73 Å². The molecule has 1 aromatic rings. The summed E-state index contributed by atoms with van der Waals surface area (Å²) >= 11 is 6.14. The van der Waals surface area contributed by atoms with Crippen LogP contribution in [0.3, 0.4) is 0 Å². The standard InChI is InChI=1S/C13H18ClNO/c1-9-4-5-10(7-12(9)14)13-11(8-15)3-2-6-16-13/h4-5,7,11,13H,2-3,6,8,15H2,1H3. The molecule has 16 heavy (non-hydrogen) atoms. The Hall–Kier alpha value is -0.570. The number of rotatable bonds is 2. The van der Waals surface area contributed by atoms with Gasteiger partial charge in [-0.1, -0.05) is 23.7 Å². The highest BCUT2D eigenvalue weighted by atomic mass is 35.5. The van der Waals surface area contributed by atoms with Crippen LogP contribution in [0.4, 0.5) is 0 Å². The van der Waals surface area contributed by atoms with Gasteiger partial charge in [0.2, 0.25) is 0 Å². The second kappa shape index (κ2) is 5.17. The molecule has 0 amide bonds. The minimum atomic E-state index is 0.122. The van der Waals surface area contributed by atoms with Gasteiger partial charge in [-0.25, -0.2) is 0 Å². The molecule has 1 aromatic carbocycles. The van der Waals surface area contributed by atoms with Gasteiger partial charge in [0.25, 0.3) is 0 Å². The maximum Gasteiger partial charge on any atom is 0.0865 e. The van der Waals surface area contributed by atoms with Crippen molar-refractivity contribution in [3.05, 3.63) is 34.3 Å². The van der Waals surface area contributed by atoms with Crippen LogP contribution in [0, 0.1) is 12.8 Å². The molecule has 1 aliphatic heterocycles. The third kappa shape index (κ3) is 2.40. The van der Waals surface area contributed by atoms with Crippen molar-refractivity contribution in [1.29, 1.82) is 0 Å². The molecule has 88 valence electrons. The van der Waals surface area contributed by atoms with Gasteiger partial charge in [0, 0.05) is 17.5 Å². The van der Waals surface area contributed by atoms with Gasteiger partial charge in [-0.15, -0.1) is 0 Å². The normalized spacial score (nSPS) is 25.7. The zero-order valence-electron chi connectivity index (χ0n) is 9.58. The Morgan fingerprint density at radius 2 is 2.31 bits per heavy atom. The number of nitrogens with two attached hydrogens (primary N) is 1. The van der Waals surface area contributed by atoms with Gasteiger partial charge in [0.05, 0.1) is 6.10 Å². The van der Waals surface area contributed by atoms with Crippen molar-refractivity contribution in [1.82, 2.24) is 0 Å². The third-order valence-corrected chi connectivity index (χ3v) is 3.68. The SMILES string of the molecule is Cc1ccc(C2OCCCC2CN)cc1Cl. The molecule has 2 unspecified atom stereocenters. The van der Waals surface area contributed by atoms with Crippen molar-refractivity contribution in [2.75, 3.05) is 13.2 Å². The summed E-state index contributed by atoms with van der Waals surface area (Å²) in [6, 6.07) is 6.15. The zero-order valence-corrected chi connectivity index (χ0v) is 10.3. The van der Waals surface area contributed by atoms with Gasteiger partial charge in [0.1, 0.15) is 0 Å². The average Bonchev–Trinajstić information content (AvgIpc) is 2.32. The number of hydrogen-bond acceptors (Lipinski definition) is 2. The van der Waals surface area contributed by atoms with E-state index in [0.29, 0.717) is 12.5 Å². The minimum Gasteiger partial charge on any atom is -0.373 e. The van der Waals surface area contributed by atoms with E-state index in [1.165, 1.54) is 0 Å². The smallest absolute Gasteiger partial charge is 0.0865 e. The lowest BCUT2D eigenvalue weighted by Crippen LogP contribution is -2.28. The van der Waals surface area contributed by atoms with Crippen LogP contribution in [0.2, 0.25) is 5.02 Å². The van der Waals surface area contributed by atoms with E-state index in [-0.39, 0.29) is 6.10 Å². The summed E-state index contributed by atoms with van der Waals surface area (Å²) in [7, 11) is 0. The maximum absolute atomic E-state index is 6.14. The Balaban J connectivity index is 2.23. The second-order valence-electron chi connectivity index (χ2n) is 4.44. The quantitative estimate of drug-likeness (QED) is 0.861. The Kier molecular flexibility index (Phi) is 3.85. The zero-order chi connectivity index (χ0) is 11.5. The van der Waals surface area contributed by atoms with Crippen molar-refractivity contribution in [2.24, 2.45) is 11.7 Å². The first-order valence-electron chi connectivity index (χ1n) is 5.80. The lowest BCUT2D eigenvalue weighted by atomic mass is 9.89. The van der Waals surface area contributed by atoms with Gasteiger partial charge in [-0.3, -0.25) is 0 Å². The molecule has 2 rings (SSSR count). The first kappa shape index (κ1) is 11.9. The number of aryl methyl sites for hydroxylation is 1. The van der Waals surface area contributed by atoms with Crippen LogP contribution in [0.1, 0.15) is 30.1 Å². The fourth-order valence-corrected chi connectivity index (χ4v) is 2.43. The Morgan fingerprint density at radius 1 is 1.50 bits per heavy atom. The van der Waals surface area contributed by atoms with Crippen molar-refractivity contribution in [3.63, 3.8) is 0 Å². The summed E-state index contributed by atoms with van der Waals surface area (Å²) in [5.74, 6) is 0.424. The summed E-state index contributed by atoms with van der Waals surface area (Å²) in [6.07, 6.45) is 2.38. The van der Waals surface area contributed by atoms with Crippen molar-refractivity contribution in [3.8, 4) is 0 Å². The summed E-state index contributed by atoms with van der Waals surface area (Å²) < 4.78 is 5.82. The first-order chi connectivity index (χ1) is 7.72. The Bertz CT molecular complexity index is 367. The lowest BCUT2D eigenvalue weighted by Gasteiger charge is -2.31. The molecule has 1 saturated heterocycles. The van der Waals surface area contributed by atoms with Crippen molar-refractivity contribution < 1.29 is 4.74 Å². The molecule has 0 aliphatic carbocycles. The lowest BCUT2D eigenvalue weighted by molar-refractivity contribution is -0.0251. The van der Waals surface area contributed by atoms with Crippen LogP contribution in [-0.2, 0) is 4.74 Å². The molecule has 2 atom stereocenters. The fourth-order valence-electron chi connectivity index (χ4n) is 2.24. The van der Waals surface area contributed by atoms with E-state index in [2.05, 4.69) is 6.07 Å². The van der Waals surface area contributed by atoms with Gasteiger partial charge in [-0.05, 0) is 43.5 Å². The molecule has 0 radical (unpaired) electrons. The van der Waals surface area contributed by atoms with E-state index in [0.717, 1.165) is 35.6 Å². The fraction of sp³-hybridized carbons (Fsp3) is 0.538. The van der Waals surface area contributed by atoms with Crippen LogP contribution in [0.5, 0.6) is 0 Å². The molecule has 2 N–H and O–H groups in total. The van der Waals surface area contributed by atoms with Gasteiger partial charge in [-0.2, -0.15) is 0 Å². The van der Waals surface area contributed by atoms with Crippen LogP contribution in [0.25, 0.3) is 0 Å². The van der Waals surface area contributed by atoms with Crippen LogP contribution >= 0.6 is 11.6 Å². The number of halogens is 1. The van der Waals surface area contributed by atoms with E-state index in [1.54, 1.807) is 0 Å². The predicted octanol–water partition coefficient (Wildman–Crippen LogP) is 3.07. The highest BCUT2D eigenvalue weighted by molar-refractivity contribution is 6.31. The van der Waals surface area contributed by atoms with Gasteiger partial charge in [0.15, 0.2) is 0 Å². The van der Waals surface area contributed by atoms with E-state index in [4.69, 9.17) is 22.1 Å². The molecule has 1 heterocycles. The van der Waals surface area contributed by atoms with Crippen LogP contribution in [0.15, 0.2) is 18.2 Å². The molecule has 1 fully saturated rings. The summed E-state index contributed by atoms with van der Waals surface area (Å²) in [5.41, 5.74) is 8.05. The van der Waals surface area contributed by atoms with Gasteiger partial charge < -0.3 is 10.5 Å². The summed E-state index contributed by atoms with van der Waals surface area (Å²) in [6.45, 7) is 3.51. The van der Waals surface area contributed by atoms with E-state index in [9.17, 15) is 0 Å². The number of ether oxygens (including phenoxy) is 1. The molecule has 1 aliphatic rings. The molecule has 0 aromatic heterocycles. The monoisotopic (exact) mass is 239 g/mol. The third-order valence-electron chi connectivity index (χ3n) is 3.27. The van der Waals surface area contributed by atoms with Gasteiger partial charge >= 0.3 is 0 Å².